The van der Waals surface area contributed by atoms with Crippen LogP contribution >= 0.6 is 0 Å². The van der Waals surface area contributed by atoms with E-state index in [-0.39, 0.29) is 5.84 Å². The fourth-order valence-electron chi connectivity index (χ4n) is 3.41. The molecule has 0 spiro atoms. The molecular weight excluding hydrogens is 487 g/mol. The van der Waals surface area contributed by atoms with E-state index in [1.54, 1.807) is 7.05 Å². The van der Waals surface area contributed by atoms with Gasteiger partial charge < -0.3 is 9.59 Å². The number of hydrogen-bond acceptors (Lipinski definition) is 6. The van der Waals surface area contributed by atoms with Crippen LogP contribution in [0.15, 0.2) is 4.99 Å². The molecule has 0 saturated heterocycles. The molecule has 0 unspecified atom stereocenters. The van der Waals surface area contributed by atoms with Gasteiger partial charge >= 0.3 is 158 Å². The molecule has 0 heterocycles. The van der Waals surface area contributed by atoms with Gasteiger partial charge in [-0.1, -0.05) is 0 Å². The Labute approximate surface area is 205 Å². The SMILES string of the molecule is CNC(=N)[C](=[Nb])C(=NCCCN(CCCCCCCC=O)CCCCCCCC=O)NO. The summed E-state index contributed by atoms with van der Waals surface area (Å²) >= 11 is 1.34. The molecule has 0 fully saturated rings. The Morgan fingerprint density at radius 1 is 0.875 bits per heavy atom. The summed E-state index contributed by atoms with van der Waals surface area (Å²) in [7, 11) is 1.68. The first-order valence-corrected chi connectivity index (χ1v) is 13.1. The van der Waals surface area contributed by atoms with Crippen molar-refractivity contribution >= 4 is 28.0 Å². The van der Waals surface area contributed by atoms with Gasteiger partial charge in [-0.15, -0.1) is 0 Å². The molecule has 0 aromatic heterocycles. The zero-order valence-corrected chi connectivity index (χ0v) is 22.0. The fourth-order valence-corrected chi connectivity index (χ4v) is 3.98. The normalized spacial score (nSPS) is 11.4. The summed E-state index contributed by atoms with van der Waals surface area (Å²) in [5, 5.41) is 19.9. The van der Waals surface area contributed by atoms with Gasteiger partial charge in [-0.2, -0.15) is 0 Å². The molecule has 4 N–H and O–H groups in total. The van der Waals surface area contributed by atoms with Crippen LogP contribution in [0.1, 0.15) is 83.5 Å². The maximum atomic E-state index is 10.4. The summed E-state index contributed by atoms with van der Waals surface area (Å²) in [5.41, 5.74) is 2.12. The minimum absolute atomic E-state index is 0.252. The van der Waals surface area contributed by atoms with E-state index in [1.807, 2.05) is 0 Å². The van der Waals surface area contributed by atoms with E-state index < -0.39 is 0 Å². The third-order valence-corrected chi connectivity index (χ3v) is 6.38. The second-order valence-electron chi connectivity index (χ2n) is 7.96. The number of rotatable bonds is 22. The molecule has 0 rings (SSSR count). The van der Waals surface area contributed by atoms with Gasteiger partial charge in [0.1, 0.15) is 12.6 Å². The number of unbranched alkanes of at least 4 members (excludes halogenated alkanes) is 10. The van der Waals surface area contributed by atoms with E-state index in [0.717, 1.165) is 64.3 Å². The van der Waals surface area contributed by atoms with Crippen molar-refractivity contribution < 1.29 is 35.4 Å². The van der Waals surface area contributed by atoms with Gasteiger partial charge in [0.2, 0.25) is 0 Å². The number of carbonyl (C=O) groups is 2. The Morgan fingerprint density at radius 2 is 1.34 bits per heavy atom. The molecule has 0 saturated carbocycles. The van der Waals surface area contributed by atoms with E-state index in [2.05, 4.69) is 20.7 Å². The zero-order chi connectivity index (χ0) is 23.9. The van der Waals surface area contributed by atoms with Crippen molar-refractivity contribution in [1.82, 2.24) is 15.7 Å². The first kappa shape index (κ1) is 30.8. The van der Waals surface area contributed by atoms with E-state index in [4.69, 9.17) is 5.41 Å². The first-order chi connectivity index (χ1) is 15.6. The van der Waals surface area contributed by atoms with Crippen molar-refractivity contribution in [3.05, 3.63) is 0 Å². The predicted octanol–water partition coefficient (Wildman–Crippen LogP) is 3.05. The fraction of sp³-hybridized carbons (Fsp3) is 0.783. The van der Waals surface area contributed by atoms with Crippen LogP contribution in [0.3, 0.4) is 0 Å². The van der Waals surface area contributed by atoms with Gasteiger partial charge in [-0.05, 0) is 12.8 Å². The van der Waals surface area contributed by atoms with E-state index in [0.29, 0.717) is 28.9 Å². The Morgan fingerprint density at radius 3 is 1.81 bits per heavy atom. The summed E-state index contributed by atoms with van der Waals surface area (Å²) in [4.78, 5) is 27.7. The minimum atomic E-state index is 0.252. The zero-order valence-electron chi connectivity index (χ0n) is 19.8. The molecule has 0 aromatic rings. The van der Waals surface area contributed by atoms with Crippen molar-refractivity contribution in [1.29, 1.82) is 5.41 Å². The van der Waals surface area contributed by atoms with Crippen LogP contribution in [-0.2, 0) is 30.2 Å². The molecule has 9 heteroatoms. The number of carbonyl (C=O) groups excluding carboxylic acids is 2. The predicted molar refractivity (Wildman–Crippen MR) is 128 cm³/mol. The molecule has 0 bridgehead atoms. The molecule has 8 nitrogen and oxygen atoms in total. The van der Waals surface area contributed by atoms with E-state index >= 15 is 0 Å². The van der Waals surface area contributed by atoms with Crippen molar-refractivity contribution in [2.24, 2.45) is 4.99 Å². The standard InChI is InChI=1S/C23H43N5O3.Nb/c1-25-22(24)21-23(27-31)26-15-14-18-28(16-10-6-2-4-8-12-19-29)17-11-7-3-5-9-13-20-30;/h19-20,31H,2-18H2,1H3,(H2,24,25)(H,26,27);. The third kappa shape index (κ3) is 17.4. The average Bonchev–Trinajstić information content (AvgIpc) is 2.81. The summed E-state index contributed by atoms with van der Waals surface area (Å²) in [6.07, 6.45) is 15.6. The number of amidine groups is 2. The molecule has 0 aliphatic heterocycles. The number of nitrogens with zero attached hydrogens (tertiary/aromatic N) is 2. The Bertz CT molecular complexity index is 536. The van der Waals surface area contributed by atoms with Crippen LogP contribution in [-0.4, -0.2) is 71.3 Å². The Kier molecular flexibility index (Phi) is 22.1. The van der Waals surface area contributed by atoms with Crippen LogP contribution in [0, 0.1) is 5.41 Å². The number of hydrogen-bond donors (Lipinski definition) is 4. The van der Waals surface area contributed by atoms with Gasteiger partial charge in [0, 0.05) is 12.8 Å². The van der Waals surface area contributed by atoms with Gasteiger partial charge in [0.25, 0.3) is 0 Å². The van der Waals surface area contributed by atoms with Crippen molar-refractivity contribution in [2.45, 2.75) is 83.5 Å². The topological polar surface area (TPSA) is 118 Å². The molecule has 0 amide bonds. The summed E-state index contributed by atoms with van der Waals surface area (Å²) in [6, 6.07) is 0. The van der Waals surface area contributed by atoms with Crippen LogP contribution < -0.4 is 10.8 Å². The van der Waals surface area contributed by atoms with Gasteiger partial charge in [-0.25, -0.2) is 0 Å². The first-order valence-electron chi connectivity index (χ1n) is 12.0. The Balaban J connectivity index is 4.37. The molecule has 0 radical (unpaired) electrons. The molecule has 0 aliphatic carbocycles. The van der Waals surface area contributed by atoms with Crippen molar-refractivity contribution in [2.75, 3.05) is 33.2 Å². The quantitative estimate of drug-likeness (QED) is 0.0427. The molecule has 0 aromatic carbocycles. The van der Waals surface area contributed by atoms with Crippen LogP contribution in [0.25, 0.3) is 0 Å². The molecular formula is C23H43N5NbO3. The van der Waals surface area contributed by atoms with Crippen molar-refractivity contribution in [3.63, 3.8) is 0 Å². The van der Waals surface area contributed by atoms with Gasteiger partial charge in [0.15, 0.2) is 0 Å². The Hall–Kier alpha value is -1.19. The molecule has 0 atom stereocenters. The number of aliphatic imine (C=N–C) groups is 1. The number of hydroxylamine groups is 1. The summed E-state index contributed by atoms with van der Waals surface area (Å²) < 4.78 is 0.630. The van der Waals surface area contributed by atoms with E-state index in [1.165, 1.54) is 59.1 Å². The molecule has 0 aliphatic rings. The third-order valence-electron chi connectivity index (χ3n) is 5.31. The molecule has 32 heavy (non-hydrogen) atoms. The second kappa shape index (κ2) is 23.0. The average molecular weight is 531 g/mol. The summed E-state index contributed by atoms with van der Waals surface area (Å²) in [6.45, 7) is 3.71. The van der Waals surface area contributed by atoms with E-state index in [9.17, 15) is 14.8 Å². The van der Waals surface area contributed by atoms with Crippen LogP contribution in [0.5, 0.6) is 0 Å². The van der Waals surface area contributed by atoms with Crippen molar-refractivity contribution in [3.8, 4) is 0 Å². The van der Waals surface area contributed by atoms with Crippen LogP contribution in [0.2, 0.25) is 0 Å². The second-order valence-corrected chi connectivity index (χ2v) is 9.06. The van der Waals surface area contributed by atoms with Gasteiger partial charge in [0.05, 0.1) is 0 Å². The maximum absolute atomic E-state index is 10.4. The molecule has 183 valence electrons. The van der Waals surface area contributed by atoms with Crippen LogP contribution in [0.4, 0.5) is 0 Å². The number of nitrogens with one attached hydrogen (secondary N) is 3. The number of aldehydes is 2. The summed E-state index contributed by atoms with van der Waals surface area (Å²) in [5.74, 6) is 0.609. The van der Waals surface area contributed by atoms with Gasteiger partial charge in [-0.3, -0.25) is 0 Å². The monoisotopic (exact) mass is 530 g/mol.